The fourth-order valence-corrected chi connectivity index (χ4v) is 2.12. The summed E-state index contributed by atoms with van der Waals surface area (Å²) in [5, 5.41) is 21.7. The summed E-state index contributed by atoms with van der Waals surface area (Å²) in [6.45, 7) is 0.273. The largest absolute Gasteiger partial charge is 0.508 e. The molecule has 1 aromatic carbocycles. The van der Waals surface area contributed by atoms with Crippen molar-refractivity contribution >= 4 is 5.91 Å². The summed E-state index contributed by atoms with van der Waals surface area (Å²) < 4.78 is 0. The maximum absolute atomic E-state index is 11.8. The van der Waals surface area contributed by atoms with Crippen molar-refractivity contribution in [3.63, 3.8) is 0 Å². The lowest BCUT2D eigenvalue weighted by atomic mass is 9.80. The molecule has 0 aromatic heterocycles. The van der Waals surface area contributed by atoms with E-state index in [0.717, 1.165) is 24.8 Å². The number of carbonyl (C=O) groups is 1. The van der Waals surface area contributed by atoms with E-state index in [1.165, 1.54) is 0 Å². The van der Waals surface area contributed by atoms with Crippen molar-refractivity contribution in [2.24, 2.45) is 5.73 Å². The van der Waals surface area contributed by atoms with Crippen LogP contribution in [0.1, 0.15) is 24.8 Å². The van der Waals surface area contributed by atoms with Crippen molar-refractivity contribution in [3.05, 3.63) is 29.8 Å². The minimum atomic E-state index is -0.728. The van der Waals surface area contributed by atoms with Crippen molar-refractivity contribution in [3.8, 4) is 5.75 Å². The molecule has 1 aliphatic carbocycles. The molecule has 1 aliphatic rings. The zero-order valence-electron chi connectivity index (χ0n) is 10.8. The molecule has 1 aromatic rings. The SMILES string of the molecule is NC(Cc1ccc(O)cc1)C(=O)NCC1(O)CCC1. The molecule has 0 saturated heterocycles. The molecule has 0 bridgehead atoms. The first kappa shape index (κ1) is 13.8. The summed E-state index contributed by atoms with van der Waals surface area (Å²) >= 11 is 0. The first-order valence-electron chi connectivity index (χ1n) is 6.52. The van der Waals surface area contributed by atoms with Crippen LogP contribution in [-0.2, 0) is 11.2 Å². The Bertz CT molecular complexity index is 441. The van der Waals surface area contributed by atoms with Gasteiger partial charge in [0.05, 0.1) is 11.6 Å². The molecular weight excluding hydrogens is 244 g/mol. The van der Waals surface area contributed by atoms with Gasteiger partial charge in [-0.2, -0.15) is 0 Å². The predicted octanol–water partition coefficient (Wildman–Crippen LogP) is 0.293. The molecule has 5 heteroatoms. The minimum Gasteiger partial charge on any atom is -0.508 e. The standard InChI is InChI=1S/C14H20N2O3/c15-12(8-10-2-4-11(17)5-3-10)13(18)16-9-14(19)6-1-7-14/h2-5,12,17,19H,1,6-9,15H2,(H,16,18). The lowest BCUT2D eigenvalue weighted by Crippen LogP contribution is -2.51. The molecule has 0 spiro atoms. The molecule has 0 aliphatic heterocycles. The number of rotatable bonds is 5. The number of carbonyl (C=O) groups excluding carboxylic acids is 1. The van der Waals surface area contributed by atoms with Gasteiger partial charge in [-0.1, -0.05) is 12.1 Å². The highest BCUT2D eigenvalue weighted by Gasteiger charge is 2.34. The highest BCUT2D eigenvalue weighted by Crippen LogP contribution is 2.30. The number of nitrogens with one attached hydrogen (secondary N) is 1. The van der Waals surface area contributed by atoms with Crippen LogP contribution < -0.4 is 11.1 Å². The van der Waals surface area contributed by atoms with Crippen LogP contribution >= 0.6 is 0 Å². The molecule has 19 heavy (non-hydrogen) atoms. The van der Waals surface area contributed by atoms with E-state index in [0.29, 0.717) is 6.42 Å². The number of aliphatic hydroxyl groups is 1. The summed E-state index contributed by atoms with van der Waals surface area (Å²) in [4.78, 5) is 11.8. The zero-order valence-corrected chi connectivity index (χ0v) is 10.8. The van der Waals surface area contributed by atoms with E-state index in [1.807, 2.05) is 0 Å². The monoisotopic (exact) mass is 264 g/mol. The molecule has 1 fully saturated rings. The Balaban J connectivity index is 1.80. The molecule has 5 nitrogen and oxygen atoms in total. The second kappa shape index (κ2) is 5.59. The van der Waals surface area contributed by atoms with E-state index < -0.39 is 11.6 Å². The number of phenolic OH excluding ortho intramolecular Hbond substituents is 1. The third kappa shape index (κ3) is 3.68. The van der Waals surface area contributed by atoms with Gasteiger partial charge >= 0.3 is 0 Å². The summed E-state index contributed by atoms with van der Waals surface area (Å²) in [6.07, 6.45) is 2.89. The third-order valence-corrected chi connectivity index (χ3v) is 3.60. The Labute approximate surface area is 112 Å². The van der Waals surface area contributed by atoms with Crippen LogP contribution in [0.2, 0.25) is 0 Å². The average Bonchev–Trinajstić information content (AvgIpc) is 2.36. The molecule has 5 N–H and O–H groups in total. The van der Waals surface area contributed by atoms with Crippen LogP contribution in [0.4, 0.5) is 0 Å². The van der Waals surface area contributed by atoms with E-state index in [2.05, 4.69) is 5.32 Å². The van der Waals surface area contributed by atoms with Gasteiger partial charge in [0.25, 0.3) is 0 Å². The fourth-order valence-electron chi connectivity index (χ4n) is 2.12. The molecule has 1 unspecified atom stereocenters. The van der Waals surface area contributed by atoms with Gasteiger partial charge in [0, 0.05) is 6.54 Å². The average molecular weight is 264 g/mol. The number of phenols is 1. The van der Waals surface area contributed by atoms with Gasteiger partial charge in [0.2, 0.25) is 5.91 Å². The number of nitrogens with two attached hydrogens (primary N) is 1. The van der Waals surface area contributed by atoms with Crippen molar-refractivity contribution in [2.75, 3.05) is 6.54 Å². The molecule has 104 valence electrons. The van der Waals surface area contributed by atoms with E-state index in [4.69, 9.17) is 10.8 Å². The van der Waals surface area contributed by atoms with E-state index >= 15 is 0 Å². The lowest BCUT2D eigenvalue weighted by molar-refractivity contribution is -0.124. The Hall–Kier alpha value is -1.59. The normalized spacial score (nSPS) is 18.4. The Morgan fingerprint density at radius 3 is 2.53 bits per heavy atom. The lowest BCUT2D eigenvalue weighted by Gasteiger charge is -2.36. The Morgan fingerprint density at radius 2 is 2.00 bits per heavy atom. The quantitative estimate of drug-likeness (QED) is 0.615. The smallest absolute Gasteiger partial charge is 0.237 e. The van der Waals surface area contributed by atoms with Crippen molar-refractivity contribution in [1.82, 2.24) is 5.32 Å². The molecule has 1 atom stereocenters. The van der Waals surface area contributed by atoms with Crippen molar-refractivity contribution < 1.29 is 15.0 Å². The number of amides is 1. The molecule has 2 rings (SSSR count). The number of aromatic hydroxyl groups is 1. The maximum Gasteiger partial charge on any atom is 0.237 e. The molecule has 0 radical (unpaired) electrons. The summed E-state index contributed by atoms with van der Waals surface area (Å²) in [6, 6.07) is 5.96. The molecule has 1 saturated carbocycles. The van der Waals surface area contributed by atoms with Crippen LogP contribution in [0.5, 0.6) is 5.75 Å². The van der Waals surface area contributed by atoms with Crippen LogP contribution in [0.15, 0.2) is 24.3 Å². The second-order valence-corrected chi connectivity index (χ2v) is 5.27. The predicted molar refractivity (Wildman–Crippen MR) is 71.6 cm³/mol. The number of benzene rings is 1. The fraction of sp³-hybridized carbons (Fsp3) is 0.500. The van der Waals surface area contributed by atoms with Gasteiger partial charge in [-0.3, -0.25) is 4.79 Å². The third-order valence-electron chi connectivity index (χ3n) is 3.60. The maximum atomic E-state index is 11.8. The summed E-state index contributed by atoms with van der Waals surface area (Å²) in [5.74, 6) is -0.0672. The topological polar surface area (TPSA) is 95.6 Å². The van der Waals surface area contributed by atoms with Gasteiger partial charge in [-0.25, -0.2) is 0 Å². The van der Waals surface area contributed by atoms with Gasteiger partial charge in [0.15, 0.2) is 0 Å². The number of hydrogen-bond donors (Lipinski definition) is 4. The first-order valence-corrected chi connectivity index (χ1v) is 6.52. The Kier molecular flexibility index (Phi) is 4.07. The second-order valence-electron chi connectivity index (χ2n) is 5.27. The first-order chi connectivity index (χ1) is 8.98. The summed E-state index contributed by atoms with van der Waals surface area (Å²) in [7, 11) is 0. The van der Waals surface area contributed by atoms with Crippen molar-refractivity contribution in [1.29, 1.82) is 0 Å². The number of hydrogen-bond acceptors (Lipinski definition) is 4. The Morgan fingerprint density at radius 1 is 1.37 bits per heavy atom. The summed E-state index contributed by atoms with van der Waals surface area (Å²) in [5.41, 5.74) is 5.98. The van der Waals surface area contributed by atoms with Gasteiger partial charge in [-0.05, 0) is 43.4 Å². The highest BCUT2D eigenvalue weighted by atomic mass is 16.3. The van der Waals surface area contributed by atoms with Crippen LogP contribution in [0.25, 0.3) is 0 Å². The van der Waals surface area contributed by atoms with E-state index in [9.17, 15) is 9.90 Å². The van der Waals surface area contributed by atoms with Gasteiger partial charge in [-0.15, -0.1) is 0 Å². The molecule has 0 heterocycles. The minimum absolute atomic E-state index is 0.189. The van der Waals surface area contributed by atoms with Crippen LogP contribution in [-0.4, -0.2) is 34.3 Å². The van der Waals surface area contributed by atoms with Crippen molar-refractivity contribution in [2.45, 2.75) is 37.3 Å². The molecular formula is C14H20N2O3. The van der Waals surface area contributed by atoms with E-state index in [1.54, 1.807) is 24.3 Å². The van der Waals surface area contributed by atoms with Gasteiger partial charge in [0.1, 0.15) is 5.75 Å². The van der Waals surface area contributed by atoms with Gasteiger partial charge < -0.3 is 21.3 Å². The zero-order chi connectivity index (χ0) is 13.9. The van der Waals surface area contributed by atoms with E-state index in [-0.39, 0.29) is 18.2 Å². The van der Waals surface area contributed by atoms with Crippen LogP contribution in [0, 0.1) is 0 Å². The molecule has 1 amide bonds. The van der Waals surface area contributed by atoms with Crippen LogP contribution in [0.3, 0.4) is 0 Å². The highest BCUT2D eigenvalue weighted by molar-refractivity contribution is 5.81.